The van der Waals surface area contributed by atoms with Gasteiger partial charge in [0.25, 0.3) is 0 Å². The zero-order chi connectivity index (χ0) is 14.0. The third-order valence-electron chi connectivity index (χ3n) is 4.59. The number of likely N-dealkylation sites (N-methyl/N-ethyl adjacent to an activating group) is 1. The van der Waals surface area contributed by atoms with Gasteiger partial charge in [0, 0.05) is 5.54 Å². The Morgan fingerprint density at radius 3 is 2.42 bits per heavy atom. The standard InChI is InChI=1S/C15H24FN3/c1-11-6-7-12(10-13(11)16)14(18-17)15(19(2)3)8-4-5-9-15/h6-7,10,14,18H,4-5,8-9,17H2,1-3H3. The van der Waals surface area contributed by atoms with Crippen molar-refractivity contribution in [2.75, 3.05) is 14.1 Å². The van der Waals surface area contributed by atoms with Crippen LogP contribution in [-0.4, -0.2) is 24.5 Å². The molecule has 0 spiro atoms. The van der Waals surface area contributed by atoms with Gasteiger partial charge < -0.3 is 4.90 Å². The first kappa shape index (κ1) is 14.4. The van der Waals surface area contributed by atoms with Gasteiger partial charge in [-0.05, 0) is 51.1 Å². The monoisotopic (exact) mass is 265 g/mol. The van der Waals surface area contributed by atoms with Crippen LogP contribution >= 0.6 is 0 Å². The summed E-state index contributed by atoms with van der Waals surface area (Å²) in [6.07, 6.45) is 4.57. The van der Waals surface area contributed by atoms with Gasteiger partial charge in [0.15, 0.2) is 0 Å². The van der Waals surface area contributed by atoms with E-state index in [2.05, 4.69) is 24.4 Å². The van der Waals surface area contributed by atoms with Crippen molar-refractivity contribution in [1.82, 2.24) is 10.3 Å². The lowest BCUT2D eigenvalue weighted by Gasteiger charge is -2.43. The predicted molar refractivity (Wildman–Crippen MR) is 76.1 cm³/mol. The summed E-state index contributed by atoms with van der Waals surface area (Å²) >= 11 is 0. The fourth-order valence-corrected chi connectivity index (χ4v) is 3.33. The van der Waals surface area contributed by atoms with Crippen LogP contribution in [0.4, 0.5) is 4.39 Å². The Bertz CT molecular complexity index is 439. The molecule has 0 bridgehead atoms. The highest BCUT2D eigenvalue weighted by atomic mass is 19.1. The SMILES string of the molecule is Cc1ccc(C(NN)C2(N(C)C)CCCC2)cc1F. The van der Waals surface area contributed by atoms with E-state index >= 15 is 0 Å². The van der Waals surface area contributed by atoms with Gasteiger partial charge in [-0.15, -0.1) is 0 Å². The number of nitrogens with two attached hydrogens (primary N) is 1. The lowest BCUT2D eigenvalue weighted by atomic mass is 9.82. The molecule has 3 N–H and O–H groups in total. The van der Waals surface area contributed by atoms with Crippen molar-refractivity contribution in [2.45, 2.75) is 44.2 Å². The Morgan fingerprint density at radius 1 is 1.32 bits per heavy atom. The quantitative estimate of drug-likeness (QED) is 0.649. The third-order valence-corrected chi connectivity index (χ3v) is 4.59. The van der Waals surface area contributed by atoms with Crippen LogP contribution in [0.5, 0.6) is 0 Å². The molecule has 0 saturated heterocycles. The number of nitrogens with zero attached hydrogens (tertiary/aromatic N) is 1. The summed E-state index contributed by atoms with van der Waals surface area (Å²) in [6, 6.07) is 5.38. The first-order chi connectivity index (χ1) is 9.01. The third kappa shape index (κ3) is 2.53. The van der Waals surface area contributed by atoms with Crippen molar-refractivity contribution in [3.63, 3.8) is 0 Å². The average Bonchev–Trinajstić information content (AvgIpc) is 2.85. The van der Waals surface area contributed by atoms with Crippen LogP contribution in [0.15, 0.2) is 18.2 Å². The summed E-state index contributed by atoms with van der Waals surface area (Å²) in [7, 11) is 4.17. The second kappa shape index (κ2) is 5.57. The molecule has 0 amide bonds. The van der Waals surface area contributed by atoms with Crippen molar-refractivity contribution in [3.05, 3.63) is 35.1 Å². The molecule has 4 heteroatoms. The van der Waals surface area contributed by atoms with E-state index in [0.717, 1.165) is 18.4 Å². The van der Waals surface area contributed by atoms with E-state index in [1.54, 1.807) is 13.0 Å². The van der Waals surface area contributed by atoms with Gasteiger partial charge >= 0.3 is 0 Å². The molecule has 0 heterocycles. The zero-order valence-electron chi connectivity index (χ0n) is 12.0. The van der Waals surface area contributed by atoms with Gasteiger partial charge in [0.2, 0.25) is 0 Å². The van der Waals surface area contributed by atoms with Crippen LogP contribution in [0.3, 0.4) is 0 Å². The Balaban J connectivity index is 2.40. The van der Waals surface area contributed by atoms with Crippen molar-refractivity contribution < 1.29 is 4.39 Å². The Morgan fingerprint density at radius 2 is 1.95 bits per heavy atom. The molecular weight excluding hydrogens is 241 g/mol. The minimum Gasteiger partial charge on any atom is -0.302 e. The Kier molecular flexibility index (Phi) is 4.23. The van der Waals surface area contributed by atoms with Crippen LogP contribution in [0.1, 0.15) is 42.9 Å². The molecule has 2 rings (SSSR count). The van der Waals surface area contributed by atoms with Gasteiger partial charge in [-0.1, -0.05) is 25.0 Å². The minimum absolute atomic E-state index is 0.0174. The molecule has 3 nitrogen and oxygen atoms in total. The maximum Gasteiger partial charge on any atom is 0.126 e. The molecular formula is C15H24FN3. The van der Waals surface area contributed by atoms with Crippen LogP contribution in [0, 0.1) is 12.7 Å². The number of benzene rings is 1. The van der Waals surface area contributed by atoms with Crippen molar-refractivity contribution in [2.24, 2.45) is 5.84 Å². The highest BCUT2D eigenvalue weighted by Crippen LogP contribution is 2.43. The summed E-state index contributed by atoms with van der Waals surface area (Å²) in [5.74, 6) is 5.63. The van der Waals surface area contributed by atoms with Gasteiger partial charge in [-0.25, -0.2) is 4.39 Å². The van der Waals surface area contributed by atoms with Crippen LogP contribution < -0.4 is 11.3 Å². The van der Waals surface area contributed by atoms with Crippen molar-refractivity contribution in [1.29, 1.82) is 0 Å². The first-order valence-electron chi connectivity index (χ1n) is 6.91. The van der Waals surface area contributed by atoms with Gasteiger partial charge in [0.05, 0.1) is 6.04 Å². The van der Waals surface area contributed by atoms with Crippen LogP contribution in [-0.2, 0) is 0 Å². The second-order valence-electron chi connectivity index (χ2n) is 5.81. The molecule has 1 saturated carbocycles. The molecule has 1 aromatic rings. The Labute approximate surface area is 114 Å². The molecule has 1 aliphatic carbocycles. The lowest BCUT2D eigenvalue weighted by Crippen LogP contribution is -2.53. The summed E-state index contributed by atoms with van der Waals surface area (Å²) in [4.78, 5) is 2.24. The van der Waals surface area contributed by atoms with Crippen LogP contribution in [0.25, 0.3) is 0 Å². The molecule has 0 aliphatic heterocycles. The number of rotatable bonds is 4. The number of aryl methyl sites for hydroxylation is 1. The van der Waals surface area contributed by atoms with Gasteiger partial charge in [0.1, 0.15) is 5.82 Å². The van der Waals surface area contributed by atoms with E-state index in [1.807, 2.05) is 12.1 Å². The van der Waals surface area contributed by atoms with E-state index in [9.17, 15) is 4.39 Å². The smallest absolute Gasteiger partial charge is 0.126 e. The van der Waals surface area contributed by atoms with E-state index in [-0.39, 0.29) is 17.4 Å². The normalized spacial score (nSPS) is 19.9. The molecule has 1 aliphatic rings. The maximum absolute atomic E-state index is 13.8. The second-order valence-corrected chi connectivity index (χ2v) is 5.81. The van der Waals surface area contributed by atoms with E-state index in [0.29, 0.717) is 5.56 Å². The van der Waals surface area contributed by atoms with Crippen molar-refractivity contribution in [3.8, 4) is 0 Å². The molecule has 0 radical (unpaired) electrons. The molecule has 1 fully saturated rings. The fraction of sp³-hybridized carbons (Fsp3) is 0.600. The highest BCUT2D eigenvalue weighted by molar-refractivity contribution is 5.29. The zero-order valence-corrected chi connectivity index (χ0v) is 12.0. The number of hydrazine groups is 1. The summed E-state index contributed by atoms with van der Waals surface area (Å²) in [5.41, 5.74) is 4.51. The molecule has 0 aromatic heterocycles. The number of hydrogen-bond donors (Lipinski definition) is 2. The molecule has 106 valence electrons. The lowest BCUT2D eigenvalue weighted by molar-refractivity contribution is 0.104. The molecule has 1 aromatic carbocycles. The maximum atomic E-state index is 13.8. The summed E-state index contributed by atoms with van der Waals surface area (Å²) < 4.78 is 13.8. The summed E-state index contributed by atoms with van der Waals surface area (Å²) in [6.45, 7) is 1.78. The number of halogens is 1. The molecule has 1 unspecified atom stereocenters. The fourth-order valence-electron chi connectivity index (χ4n) is 3.33. The van der Waals surface area contributed by atoms with Crippen LogP contribution in [0.2, 0.25) is 0 Å². The molecule has 19 heavy (non-hydrogen) atoms. The number of nitrogens with one attached hydrogen (secondary N) is 1. The Hall–Kier alpha value is -0.970. The van der Waals surface area contributed by atoms with E-state index < -0.39 is 0 Å². The predicted octanol–water partition coefficient (Wildman–Crippen LogP) is 2.51. The number of hydrogen-bond acceptors (Lipinski definition) is 3. The minimum atomic E-state index is -0.162. The van der Waals surface area contributed by atoms with Crippen molar-refractivity contribution >= 4 is 0 Å². The summed E-state index contributed by atoms with van der Waals surface area (Å²) in [5, 5.41) is 0. The van der Waals surface area contributed by atoms with E-state index in [1.165, 1.54) is 12.8 Å². The average molecular weight is 265 g/mol. The topological polar surface area (TPSA) is 41.3 Å². The van der Waals surface area contributed by atoms with Gasteiger partial charge in [-0.3, -0.25) is 11.3 Å². The first-order valence-corrected chi connectivity index (χ1v) is 6.91. The van der Waals surface area contributed by atoms with Gasteiger partial charge in [-0.2, -0.15) is 0 Å². The largest absolute Gasteiger partial charge is 0.302 e. The van der Waals surface area contributed by atoms with E-state index in [4.69, 9.17) is 5.84 Å². The molecule has 1 atom stereocenters. The highest BCUT2D eigenvalue weighted by Gasteiger charge is 2.43.